The summed E-state index contributed by atoms with van der Waals surface area (Å²) in [5.74, 6) is -0.0752. The second kappa shape index (κ2) is 6.65. The Morgan fingerprint density at radius 3 is 2.89 bits per heavy atom. The summed E-state index contributed by atoms with van der Waals surface area (Å²) in [7, 11) is 0. The van der Waals surface area contributed by atoms with Gasteiger partial charge in [-0.15, -0.1) is 11.3 Å². The Hall–Kier alpha value is -1.43. The average Bonchev–Trinajstić information content (AvgIpc) is 2.85. The van der Waals surface area contributed by atoms with E-state index in [1.54, 1.807) is 6.07 Å². The maximum atomic E-state index is 11.8. The predicted molar refractivity (Wildman–Crippen MR) is 77.0 cm³/mol. The number of carbonyl (C=O) groups is 1. The molecule has 0 saturated carbocycles. The third-order valence-corrected chi connectivity index (χ3v) is 3.84. The van der Waals surface area contributed by atoms with Gasteiger partial charge in [0.25, 0.3) is 0 Å². The zero-order chi connectivity index (χ0) is 13.7. The van der Waals surface area contributed by atoms with Crippen LogP contribution in [-0.2, 0) is 24.3 Å². The fourth-order valence-electron chi connectivity index (χ4n) is 1.59. The van der Waals surface area contributed by atoms with Crippen LogP contribution in [0.15, 0.2) is 29.6 Å². The highest BCUT2D eigenvalue weighted by molar-refractivity contribution is 7.09. The SMILES string of the molecule is NCc1nc(CC(=O)NCc2ccccc2Cl)cs1. The lowest BCUT2D eigenvalue weighted by molar-refractivity contribution is -0.120. The van der Waals surface area contributed by atoms with E-state index in [0.29, 0.717) is 18.1 Å². The number of halogens is 1. The topological polar surface area (TPSA) is 68.0 Å². The van der Waals surface area contributed by atoms with Crippen molar-refractivity contribution in [3.05, 3.63) is 50.9 Å². The highest BCUT2D eigenvalue weighted by atomic mass is 35.5. The minimum absolute atomic E-state index is 0.0752. The molecule has 1 aromatic carbocycles. The molecule has 0 aliphatic heterocycles. The zero-order valence-electron chi connectivity index (χ0n) is 10.2. The second-order valence-corrected chi connectivity index (χ2v) is 5.33. The van der Waals surface area contributed by atoms with Gasteiger partial charge in [0, 0.05) is 23.5 Å². The second-order valence-electron chi connectivity index (χ2n) is 3.98. The Labute approximate surface area is 120 Å². The average molecular weight is 296 g/mol. The van der Waals surface area contributed by atoms with Crippen LogP contribution >= 0.6 is 22.9 Å². The van der Waals surface area contributed by atoms with Gasteiger partial charge in [-0.1, -0.05) is 29.8 Å². The van der Waals surface area contributed by atoms with Gasteiger partial charge in [0.05, 0.1) is 12.1 Å². The van der Waals surface area contributed by atoms with Crippen molar-refractivity contribution in [3.8, 4) is 0 Å². The van der Waals surface area contributed by atoms with Crippen molar-refractivity contribution < 1.29 is 4.79 Å². The number of nitrogens with two attached hydrogens (primary N) is 1. The molecule has 6 heteroatoms. The van der Waals surface area contributed by atoms with Gasteiger partial charge in [-0.25, -0.2) is 4.98 Å². The van der Waals surface area contributed by atoms with Crippen LogP contribution in [0.2, 0.25) is 5.02 Å². The number of amides is 1. The maximum Gasteiger partial charge on any atom is 0.226 e. The lowest BCUT2D eigenvalue weighted by Crippen LogP contribution is -2.24. The number of thiazole rings is 1. The molecule has 4 nitrogen and oxygen atoms in total. The van der Waals surface area contributed by atoms with Gasteiger partial charge in [0.2, 0.25) is 5.91 Å². The molecule has 0 saturated heterocycles. The van der Waals surface area contributed by atoms with Crippen molar-refractivity contribution in [1.29, 1.82) is 0 Å². The summed E-state index contributed by atoms with van der Waals surface area (Å²) in [5, 5.41) is 6.18. The van der Waals surface area contributed by atoms with Gasteiger partial charge in [0.15, 0.2) is 0 Å². The number of aromatic nitrogens is 1. The fourth-order valence-corrected chi connectivity index (χ4v) is 2.46. The van der Waals surface area contributed by atoms with E-state index in [2.05, 4.69) is 10.3 Å². The molecule has 0 spiro atoms. The van der Waals surface area contributed by atoms with Gasteiger partial charge in [-0.2, -0.15) is 0 Å². The molecule has 2 rings (SSSR count). The van der Waals surface area contributed by atoms with E-state index in [-0.39, 0.29) is 12.3 Å². The molecule has 100 valence electrons. The highest BCUT2D eigenvalue weighted by Gasteiger charge is 2.07. The first-order valence-electron chi connectivity index (χ1n) is 5.82. The monoisotopic (exact) mass is 295 g/mol. The van der Waals surface area contributed by atoms with Crippen LogP contribution in [0.4, 0.5) is 0 Å². The zero-order valence-corrected chi connectivity index (χ0v) is 11.8. The van der Waals surface area contributed by atoms with Crippen molar-refractivity contribution >= 4 is 28.8 Å². The largest absolute Gasteiger partial charge is 0.352 e. The highest BCUT2D eigenvalue weighted by Crippen LogP contribution is 2.14. The Morgan fingerprint density at radius 1 is 1.42 bits per heavy atom. The number of rotatable bonds is 5. The van der Waals surface area contributed by atoms with Crippen molar-refractivity contribution in [2.75, 3.05) is 0 Å². The van der Waals surface area contributed by atoms with E-state index in [1.807, 2.05) is 23.6 Å². The molecule has 0 aliphatic rings. The van der Waals surface area contributed by atoms with Crippen molar-refractivity contribution in [3.63, 3.8) is 0 Å². The molecule has 0 atom stereocenters. The third-order valence-electron chi connectivity index (χ3n) is 2.55. The number of carbonyl (C=O) groups excluding carboxylic acids is 1. The minimum Gasteiger partial charge on any atom is -0.352 e. The van der Waals surface area contributed by atoms with Crippen LogP contribution < -0.4 is 11.1 Å². The first-order chi connectivity index (χ1) is 9.19. The minimum atomic E-state index is -0.0752. The van der Waals surface area contributed by atoms with E-state index >= 15 is 0 Å². The van der Waals surface area contributed by atoms with Gasteiger partial charge in [-0.3, -0.25) is 4.79 Å². The predicted octanol–water partition coefficient (Wildman–Crippen LogP) is 2.11. The summed E-state index contributed by atoms with van der Waals surface area (Å²) in [6.45, 7) is 0.832. The molecule has 0 aliphatic carbocycles. The van der Waals surface area contributed by atoms with Crippen LogP contribution in [0.1, 0.15) is 16.3 Å². The fraction of sp³-hybridized carbons (Fsp3) is 0.231. The third kappa shape index (κ3) is 4.02. The van der Waals surface area contributed by atoms with Gasteiger partial charge in [0.1, 0.15) is 5.01 Å². The van der Waals surface area contributed by atoms with Crippen LogP contribution in [0, 0.1) is 0 Å². The first-order valence-corrected chi connectivity index (χ1v) is 7.08. The molecule has 1 heterocycles. The number of nitrogens with zero attached hydrogens (tertiary/aromatic N) is 1. The first kappa shape index (κ1) is 14.0. The van der Waals surface area contributed by atoms with Crippen molar-refractivity contribution in [1.82, 2.24) is 10.3 Å². The summed E-state index contributed by atoms with van der Waals surface area (Å²) in [4.78, 5) is 16.0. The molecule has 1 amide bonds. The summed E-state index contributed by atoms with van der Waals surface area (Å²) >= 11 is 7.49. The van der Waals surface area contributed by atoms with E-state index in [4.69, 9.17) is 17.3 Å². The molecule has 19 heavy (non-hydrogen) atoms. The van der Waals surface area contributed by atoms with Crippen molar-refractivity contribution in [2.45, 2.75) is 19.5 Å². The Kier molecular flexibility index (Phi) is 4.90. The van der Waals surface area contributed by atoms with Crippen LogP contribution in [0.25, 0.3) is 0 Å². The maximum absolute atomic E-state index is 11.8. The van der Waals surface area contributed by atoms with Crippen LogP contribution in [0.5, 0.6) is 0 Å². The van der Waals surface area contributed by atoms with Gasteiger partial charge in [-0.05, 0) is 11.6 Å². The number of nitrogens with one attached hydrogen (secondary N) is 1. The summed E-state index contributed by atoms with van der Waals surface area (Å²) in [6, 6.07) is 7.44. The molecular formula is C13H14ClN3OS. The summed E-state index contributed by atoms with van der Waals surface area (Å²) in [5.41, 5.74) is 7.13. The number of benzene rings is 1. The molecular weight excluding hydrogens is 282 g/mol. The lowest BCUT2D eigenvalue weighted by Gasteiger charge is -2.05. The smallest absolute Gasteiger partial charge is 0.226 e. The van der Waals surface area contributed by atoms with Crippen molar-refractivity contribution in [2.24, 2.45) is 5.73 Å². The number of hydrogen-bond donors (Lipinski definition) is 2. The molecule has 1 aromatic heterocycles. The summed E-state index contributed by atoms with van der Waals surface area (Å²) < 4.78 is 0. The Morgan fingerprint density at radius 2 is 2.21 bits per heavy atom. The normalized spacial score (nSPS) is 10.4. The van der Waals surface area contributed by atoms with E-state index in [0.717, 1.165) is 16.3 Å². The van der Waals surface area contributed by atoms with E-state index in [9.17, 15) is 4.79 Å². The van der Waals surface area contributed by atoms with E-state index in [1.165, 1.54) is 11.3 Å². The van der Waals surface area contributed by atoms with Gasteiger partial charge < -0.3 is 11.1 Å². The van der Waals surface area contributed by atoms with Gasteiger partial charge >= 0.3 is 0 Å². The Balaban J connectivity index is 1.86. The van der Waals surface area contributed by atoms with Crippen LogP contribution in [-0.4, -0.2) is 10.9 Å². The lowest BCUT2D eigenvalue weighted by atomic mass is 10.2. The Bertz CT molecular complexity index is 571. The molecule has 0 radical (unpaired) electrons. The number of hydrogen-bond acceptors (Lipinski definition) is 4. The molecule has 0 fully saturated rings. The van der Waals surface area contributed by atoms with E-state index < -0.39 is 0 Å². The van der Waals surface area contributed by atoms with Crippen LogP contribution in [0.3, 0.4) is 0 Å². The molecule has 2 aromatic rings. The molecule has 3 N–H and O–H groups in total. The molecule has 0 bridgehead atoms. The quantitative estimate of drug-likeness (QED) is 0.888. The summed E-state index contributed by atoms with van der Waals surface area (Å²) in [6.07, 6.45) is 0.265. The molecule has 0 unspecified atom stereocenters. The standard InChI is InChI=1S/C13H14ClN3OS/c14-11-4-2-1-3-9(11)7-16-12(18)5-10-8-19-13(6-15)17-10/h1-4,8H,5-7,15H2,(H,16,18).